The monoisotopic (exact) mass is 469 g/mol. The Kier molecular flexibility index (Phi) is 6.55. The van der Waals surface area contributed by atoms with Crippen molar-refractivity contribution in [3.05, 3.63) is 101 Å². The fourth-order valence-electron chi connectivity index (χ4n) is 4.04. The summed E-state index contributed by atoms with van der Waals surface area (Å²) >= 11 is 0. The van der Waals surface area contributed by atoms with Crippen molar-refractivity contribution in [1.82, 2.24) is 0 Å². The Morgan fingerprint density at radius 1 is 0.971 bits per heavy atom. The molecular weight excluding hydrogens is 434 g/mol. The highest BCUT2D eigenvalue weighted by molar-refractivity contribution is 6.74. The molecule has 0 aromatic heterocycles. The molecule has 1 aliphatic rings. The highest BCUT2D eigenvalue weighted by Gasteiger charge is 2.39. The number of aryl methyl sites for hydroxylation is 1. The van der Waals surface area contributed by atoms with Gasteiger partial charge in [0.2, 0.25) is 0 Å². The van der Waals surface area contributed by atoms with Crippen LogP contribution in [0.25, 0.3) is 5.57 Å². The highest BCUT2D eigenvalue weighted by atomic mass is 28.4. The number of fused-ring (bicyclic) bond motifs is 1. The second-order valence-corrected chi connectivity index (χ2v) is 15.4. The number of benzene rings is 3. The van der Waals surface area contributed by atoms with E-state index in [1.54, 1.807) is 0 Å². The maximum absolute atomic E-state index is 14.1. The molecule has 0 fully saturated rings. The summed E-state index contributed by atoms with van der Waals surface area (Å²) in [6, 6.07) is 24.2. The molecule has 4 heteroatoms. The lowest BCUT2D eigenvalue weighted by atomic mass is 9.96. The van der Waals surface area contributed by atoms with Crippen molar-refractivity contribution in [2.75, 3.05) is 11.4 Å². The fraction of sp³-hybridized carbons (Fsp3) is 0.300. The molecule has 0 bridgehead atoms. The number of anilines is 1. The summed E-state index contributed by atoms with van der Waals surface area (Å²) in [7, 11) is -2.11. The quantitative estimate of drug-likeness (QED) is 0.211. The Bertz CT molecular complexity index is 1220. The molecule has 3 nitrogen and oxygen atoms in total. The third-order valence-electron chi connectivity index (χ3n) is 7.08. The molecule has 0 aliphatic carbocycles. The van der Waals surface area contributed by atoms with Gasteiger partial charge in [0, 0.05) is 24.0 Å². The lowest BCUT2D eigenvalue weighted by Gasteiger charge is -2.37. The van der Waals surface area contributed by atoms with Crippen LogP contribution in [0.15, 0.2) is 79.0 Å². The van der Waals surface area contributed by atoms with E-state index in [9.17, 15) is 4.79 Å². The molecule has 3 aromatic carbocycles. The molecule has 0 N–H and O–H groups in total. The largest absolute Gasteiger partial charge is 0.543 e. The molecule has 176 valence electrons. The number of rotatable bonds is 6. The van der Waals surface area contributed by atoms with Gasteiger partial charge in [-0.25, -0.2) is 0 Å². The molecular formula is C30H35NO2Si. The van der Waals surface area contributed by atoms with Gasteiger partial charge in [-0.05, 0) is 60.8 Å². The van der Waals surface area contributed by atoms with E-state index in [4.69, 9.17) is 4.43 Å². The number of para-hydroxylation sites is 1. The van der Waals surface area contributed by atoms with Crippen molar-refractivity contribution in [1.29, 1.82) is 0 Å². The lowest BCUT2D eigenvalue weighted by Crippen LogP contribution is -2.44. The van der Waals surface area contributed by atoms with Gasteiger partial charge in [-0.2, -0.15) is 0 Å². The van der Waals surface area contributed by atoms with Gasteiger partial charge in [0.15, 0.2) is 5.78 Å². The van der Waals surface area contributed by atoms with E-state index < -0.39 is 8.32 Å². The number of nitrogens with zero attached hydrogens (tertiary/aromatic N) is 1. The Morgan fingerprint density at radius 2 is 1.65 bits per heavy atom. The first-order chi connectivity index (χ1) is 16.1. The number of allylic oxidation sites excluding steroid dienone is 1. The highest BCUT2D eigenvalue weighted by Crippen LogP contribution is 2.39. The van der Waals surface area contributed by atoms with Crippen LogP contribution in [0.2, 0.25) is 18.1 Å². The maximum Gasteiger partial charge on any atom is 0.250 e. The zero-order chi connectivity index (χ0) is 24.5. The average molecular weight is 470 g/mol. The van der Waals surface area contributed by atoms with Crippen molar-refractivity contribution >= 4 is 25.4 Å². The summed E-state index contributed by atoms with van der Waals surface area (Å²) in [6.45, 7) is 14.1. The van der Waals surface area contributed by atoms with Crippen LogP contribution in [0.3, 0.4) is 0 Å². The summed E-state index contributed by atoms with van der Waals surface area (Å²) in [5.74, 6) is 0.666. The third kappa shape index (κ3) is 4.87. The predicted molar refractivity (Wildman–Crippen MR) is 145 cm³/mol. The second-order valence-electron chi connectivity index (χ2n) is 10.7. The summed E-state index contributed by atoms with van der Waals surface area (Å²) in [5, 5.41) is 0.0403. The van der Waals surface area contributed by atoms with Crippen molar-refractivity contribution in [2.24, 2.45) is 0 Å². The van der Waals surface area contributed by atoms with Crippen molar-refractivity contribution in [3.63, 3.8) is 0 Å². The van der Waals surface area contributed by atoms with Gasteiger partial charge >= 0.3 is 0 Å². The van der Waals surface area contributed by atoms with E-state index in [1.807, 2.05) is 60.8 Å². The van der Waals surface area contributed by atoms with Crippen molar-refractivity contribution in [2.45, 2.75) is 52.2 Å². The summed E-state index contributed by atoms with van der Waals surface area (Å²) in [6.07, 6.45) is 3.01. The smallest absolute Gasteiger partial charge is 0.250 e. The van der Waals surface area contributed by atoms with Crippen LogP contribution in [-0.4, -0.2) is 20.6 Å². The molecule has 0 atom stereocenters. The molecule has 3 aromatic rings. The Labute approximate surface area is 205 Å². The van der Waals surface area contributed by atoms with Crippen LogP contribution in [0.1, 0.15) is 47.8 Å². The molecule has 0 radical (unpaired) electrons. The standard InChI is InChI=1S/C30H35NO2Si/c1-22-16-17-27-24(20-22)18-19-31(27)21-26(23-12-8-7-9-13-23)29(32)25-14-10-11-15-28(25)33-34(5,6)30(2,3)4/h7-17,20-21H,18-19H2,1-6H3/b26-21+. The van der Waals surface area contributed by atoms with Crippen LogP contribution in [-0.2, 0) is 6.42 Å². The zero-order valence-electron chi connectivity index (χ0n) is 21.2. The SMILES string of the molecule is Cc1ccc2c(c1)CCN2/C=C(/C(=O)c1ccccc1O[Si](C)(C)C(C)(C)C)c1ccccc1. The molecule has 0 spiro atoms. The first-order valence-electron chi connectivity index (χ1n) is 12.0. The van der Waals surface area contributed by atoms with Crippen LogP contribution < -0.4 is 9.33 Å². The first kappa shape index (κ1) is 24.0. The van der Waals surface area contributed by atoms with Crippen molar-refractivity contribution in [3.8, 4) is 5.75 Å². The van der Waals surface area contributed by atoms with Gasteiger partial charge in [0.1, 0.15) is 5.75 Å². The zero-order valence-corrected chi connectivity index (χ0v) is 22.2. The molecule has 34 heavy (non-hydrogen) atoms. The minimum Gasteiger partial charge on any atom is -0.543 e. The number of hydrogen-bond donors (Lipinski definition) is 0. The number of Topliss-reactive ketones (excluding diaryl/α,β-unsaturated/α-hetero) is 1. The van der Waals surface area contributed by atoms with Gasteiger partial charge in [-0.3, -0.25) is 4.79 Å². The van der Waals surface area contributed by atoms with E-state index >= 15 is 0 Å². The normalized spacial score (nSPS) is 14.2. The van der Waals surface area contributed by atoms with E-state index in [1.165, 1.54) is 16.8 Å². The maximum atomic E-state index is 14.1. The number of ketones is 1. The molecule has 1 heterocycles. The van der Waals surface area contributed by atoms with Crippen molar-refractivity contribution < 1.29 is 9.22 Å². The van der Waals surface area contributed by atoms with E-state index in [0.29, 0.717) is 16.9 Å². The molecule has 0 amide bonds. The average Bonchev–Trinajstić information content (AvgIpc) is 3.18. The summed E-state index contributed by atoms with van der Waals surface area (Å²) in [5.41, 5.74) is 5.98. The van der Waals surface area contributed by atoms with Crippen LogP contribution in [0.5, 0.6) is 5.75 Å². The minimum atomic E-state index is -2.11. The molecule has 4 rings (SSSR count). The van der Waals surface area contributed by atoms with Gasteiger partial charge in [-0.15, -0.1) is 0 Å². The van der Waals surface area contributed by atoms with E-state index in [2.05, 4.69) is 63.9 Å². The van der Waals surface area contributed by atoms with Crippen LogP contribution in [0.4, 0.5) is 5.69 Å². The number of carbonyl (C=O) groups excluding carboxylic acids is 1. The minimum absolute atomic E-state index is 0.0129. The number of hydrogen-bond acceptors (Lipinski definition) is 3. The van der Waals surface area contributed by atoms with Crippen LogP contribution in [0, 0.1) is 6.92 Å². The fourth-order valence-corrected chi connectivity index (χ4v) is 5.08. The number of carbonyl (C=O) groups is 1. The molecule has 1 aliphatic heterocycles. The Morgan fingerprint density at radius 3 is 2.35 bits per heavy atom. The van der Waals surface area contributed by atoms with Crippen LogP contribution >= 0.6 is 0 Å². The van der Waals surface area contributed by atoms with Gasteiger partial charge in [0.25, 0.3) is 8.32 Å². The summed E-state index contributed by atoms with van der Waals surface area (Å²) in [4.78, 5) is 16.3. The summed E-state index contributed by atoms with van der Waals surface area (Å²) < 4.78 is 6.62. The third-order valence-corrected chi connectivity index (χ3v) is 11.4. The lowest BCUT2D eigenvalue weighted by molar-refractivity contribution is 0.105. The van der Waals surface area contributed by atoms with E-state index in [-0.39, 0.29) is 10.8 Å². The Balaban J connectivity index is 1.77. The molecule has 0 unspecified atom stereocenters. The Hall–Kier alpha value is -3.11. The predicted octanol–water partition coefficient (Wildman–Crippen LogP) is 7.67. The molecule has 0 saturated heterocycles. The van der Waals surface area contributed by atoms with Gasteiger partial charge in [0.05, 0.1) is 5.56 Å². The van der Waals surface area contributed by atoms with Gasteiger partial charge < -0.3 is 9.33 Å². The first-order valence-corrected chi connectivity index (χ1v) is 14.9. The van der Waals surface area contributed by atoms with E-state index in [0.717, 1.165) is 18.5 Å². The van der Waals surface area contributed by atoms with Gasteiger partial charge in [-0.1, -0.05) is 80.9 Å². The topological polar surface area (TPSA) is 29.5 Å². The molecule has 0 saturated carbocycles. The second kappa shape index (κ2) is 9.26.